The summed E-state index contributed by atoms with van der Waals surface area (Å²) >= 11 is 1.23. The van der Waals surface area contributed by atoms with Crippen LogP contribution in [-0.4, -0.2) is 50.1 Å². The zero-order valence-corrected chi connectivity index (χ0v) is 19.0. The van der Waals surface area contributed by atoms with Crippen molar-refractivity contribution in [2.24, 2.45) is 0 Å². The van der Waals surface area contributed by atoms with Crippen LogP contribution in [0.4, 0.5) is 0 Å². The van der Waals surface area contributed by atoms with Gasteiger partial charge in [-0.25, -0.2) is 4.40 Å². The van der Waals surface area contributed by atoms with Crippen LogP contribution in [0.1, 0.15) is 5.56 Å². The lowest BCUT2D eigenvalue weighted by Crippen LogP contribution is -2.23. The van der Waals surface area contributed by atoms with E-state index in [9.17, 15) is 4.79 Å². The molecular weight excluding hydrogens is 434 g/mol. The Labute approximate surface area is 187 Å². The SMILES string of the molecule is COc1ccc(OC)c(C=c2sc3nnc(-c4cc(OC)c(OC)c(OC)c4)n3c2=O)c1. The largest absolute Gasteiger partial charge is 0.497 e. The third-order valence-electron chi connectivity index (χ3n) is 4.89. The van der Waals surface area contributed by atoms with Crippen molar-refractivity contribution in [3.63, 3.8) is 0 Å². The fourth-order valence-electron chi connectivity index (χ4n) is 3.35. The maximum atomic E-state index is 13.3. The maximum absolute atomic E-state index is 13.3. The van der Waals surface area contributed by atoms with Gasteiger partial charge in [-0.05, 0) is 36.4 Å². The van der Waals surface area contributed by atoms with E-state index in [-0.39, 0.29) is 5.56 Å². The number of fused-ring (bicyclic) bond motifs is 1. The number of methoxy groups -OCH3 is 5. The van der Waals surface area contributed by atoms with Crippen LogP contribution in [0.15, 0.2) is 35.1 Å². The number of hydrogen-bond acceptors (Lipinski definition) is 9. The summed E-state index contributed by atoms with van der Waals surface area (Å²) in [5.41, 5.74) is 1.08. The van der Waals surface area contributed by atoms with Gasteiger partial charge in [0.05, 0.1) is 40.1 Å². The second-order valence-corrected chi connectivity index (χ2v) is 7.59. The summed E-state index contributed by atoms with van der Waals surface area (Å²) in [5, 5.41) is 8.41. The van der Waals surface area contributed by atoms with Crippen molar-refractivity contribution in [3.8, 4) is 40.1 Å². The minimum atomic E-state index is -0.247. The predicted molar refractivity (Wildman–Crippen MR) is 121 cm³/mol. The highest BCUT2D eigenvalue weighted by Gasteiger charge is 2.19. The summed E-state index contributed by atoms with van der Waals surface area (Å²) in [4.78, 5) is 13.7. The molecule has 166 valence electrons. The highest BCUT2D eigenvalue weighted by atomic mass is 32.1. The molecule has 0 N–H and O–H groups in total. The average Bonchev–Trinajstić information content (AvgIpc) is 3.37. The van der Waals surface area contributed by atoms with Gasteiger partial charge in [0.25, 0.3) is 5.56 Å². The monoisotopic (exact) mass is 455 g/mol. The third-order valence-corrected chi connectivity index (χ3v) is 5.85. The van der Waals surface area contributed by atoms with E-state index in [0.29, 0.717) is 49.6 Å². The summed E-state index contributed by atoms with van der Waals surface area (Å²) in [6.45, 7) is 0. The molecule has 2 aromatic carbocycles. The molecule has 9 nitrogen and oxygen atoms in total. The molecule has 4 aromatic rings. The minimum Gasteiger partial charge on any atom is -0.497 e. The Bertz CT molecular complexity index is 1370. The van der Waals surface area contributed by atoms with Crippen LogP contribution in [0.3, 0.4) is 0 Å². The summed E-state index contributed by atoms with van der Waals surface area (Å²) in [7, 11) is 7.74. The van der Waals surface area contributed by atoms with E-state index in [1.165, 1.54) is 37.1 Å². The van der Waals surface area contributed by atoms with Crippen molar-refractivity contribution in [2.75, 3.05) is 35.5 Å². The third kappa shape index (κ3) is 3.58. The molecule has 0 aliphatic heterocycles. The van der Waals surface area contributed by atoms with Gasteiger partial charge in [0.1, 0.15) is 11.5 Å². The molecule has 0 unspecified atom stereocenters. The van der Waals surface area contributed by atoms with Crippen molar-refractivity contribution in [1.29, 1.82) is 0 Å². The van der Waals surface area contributed by atoms with E-state index in [4.69, 9.17) is 23.7 Å². The van der Waals surface area contributed by atoms with Crippen LogP contribution in [0.5, 0.6) is 28.7 Å². The number of rotatable bonds is 7. The lowest BCUT2D eigenvalue weighted by molar-refractivity contribution is 0.324. The molecule has 0 fully saturated rings. The van der Waals surface area contributed by atoms with Crippen LogP contribution >= 0.6 is 11.3 Å². The van der Waals surface area contributed by atoms with E-state index in [0.717, 1.165) is 5.56 Å². The number of thiazole rings is 1. The minimum absolute atomic E-state index is 0.247. The first-order valence-corrected chi connectivity index (χ1v) is 10.3. The summed E-state index contributed by atoms with van der Waals surface area (Å²) < 4.78 is 28.9. The van der Waals surface area contributed by atoms with Gasteiger partial charge in [0.15, 0.2) is 17.3 Å². The Morgan fingerprint density at radius 1 is 0.844 bits per heavy atom. The normalized spacial score (nSPS) is 11.6. The van der Waals surface area contributed by atoms with Crippen LogP contribution in [0, 0.1) is 0 Å². The second kappa shape index (κ2) is 8.75. The lowest BCUT2D eigenvalue weighted by atomic mass is 10.1. The smallest absolute Gasteiger partial charge is 0.276 e. The summed E-state index contributed by atoms with van der Waals surface area (Å²) in [5.74, 6) is 3.01. The highest BCUT2D eigenvalue weighted by molar-refractivity contribution is 7.15. The van der Waals surface area contributed by atoms with Crippen LogP contribution in [0.25, 0.3) is 22.4 Å². The van der Waals surface area contributed by atoms with Gasteiger partial charge in [0, 0.05) is 11.1 Å². The van der Waals surface area contributed by atoms with Crippen molar-refractivity contribution < 1.29 is 23.7 Å². The van der Waals surface area contributed by atoms with Crippen molar-refractivity contribution in [1.82, 2.24) is 14.6 Å². The van der Waals surface area contributed by atoms with Crippen LogP contribution < -0.4 is 33.8 Å². The van der Waals surface area contributed by atoms with E-state index in [2.05, 4.69) is 10.2 Å². The number of benzene rings is 2. The molecule has 10 heteroatoms. The standard InChI is InChI=1S/C22H21N3O6S/c1-27-14-6-7-15(28-2)12(8-14)11-18-21(26)25-20(23-24-22(25)32-18)13-9-16(29-3)19(31-5)17(10-13)30-4/h6-11H,1-5H3. The van der Waals surface area contributed by atoms with Crippen molar-refractivity contribution in [3.05, 3.63) is 50.8 Å². The van der Waals surface area contributed by atoms with Gasteiger partial charge in [-0.1, -0.05) is 11.3 Å². The molecule has 0 aliphatic rings. The Morgan fingerprint density at radius 3 is 2.12 bits per heavy atom. The fraction of sp³-hybridized carbons (Fsp3) is 0.227. The number of ether oxygens (including phenoxy) is 5. The molecule has 2 heterocycles. The van der Waals surface area contributed by atoms with Crippen molar-refractivity contribution in [2.45, 2.75) is 0 Å². The first kappa shape index (κ1) is 21.4. The number of aromatic nitrogens is 3. The average molecular weight is 455 g/mol. The number of nitrogens with zero attached hydrogens (tertiary/aromatic N) is 3. The molecule has 0 spiro atoms. The molecule has 0 atom stereocenters. The molecule has 4 rings (SSSR count). The van der Waals surface area contributed by atoms with Gasteiger partial charge < -0.3 is 23.7 Å². The van der Waals surface area contributed by atoms with E-state index < -0.39 is 0 Å². The second-order valence-electron chi connectivity index (χ2n) is 6.58. The quantitative estimate of drug-likeness (QED) is 0.420. The van der Waals surface area contributed by atoms with Gasteiger partial charge in [-0.15, -0.1) is 10.2 Å². The Morgan fingerprint density at radius 2 is 1.53 bits per heavy atom. The molecule has 2 aromatic heterocycles. The van der Waals surface area contributed by atoms with E-state index >= 15 is 0 Å². The Kier molecular flexibility index (Phi) is 5.87. The Hall–Kier alpha value is -3.79. The molecular formula is C22H21N3O6S. The van der Waals surface area contributed by atoms with Crippen LogP contribution in [-0.2, 0) is 0 Å². The van der Waals surface area contributed by atoms with Crippen molar-refractivity contribution >= 4 is 22.4 Å². The van der Waals surface area contributed by atoms with Crippen LogP contribution in [0.2, 0.25) is 0 Å². The lowest BCUT2D eigenvalue weighted by Gasteiger charge is -2.13. The summed E-state index contributed by atoms with van der Waals surface area (Å²) in [6, 6.07) is 8.84. The molecule has 0 radical (unpaired) electrons. The zero-order chi connectivity index (χ0) is 22.8. The molecule has 0 bridgehead atoms. The van der Waals surface area contributed by atoms with Gasteiger partial charge in [-0.3, -0.25) is 4.79 Å². The fourth-order valence-corrected chi connectivity index (χ4v) is 4.26. The first-order valence-electron chi connectivity index (χ1n) is 9.46. The number of hydrogen-bond donors (Lipinski definition) is 0. The molecule has 0 aliphatic carbocycles. The molecule has 0 amide bonds. The first-order chi connectivity index (χ1) is 15.5. The van der Waals surface area contributed by atoms with E-state index in [1.807, 2.05) is 0 Å². The Balaban J connectivity index is 1.91. The maximum Gasteiger partial charge on any atom is 0.276 e. The molecule has 32 heavy (non-hydrogen) atoms. The summed E-state index contributed by atoms with van der Waals surface area (Å²) in [6.07, 6.45) is 1.75. The topological polar surface area (TPSA) is 93.4 Å². The van der Waals surface area contributed by atoms with Gasteiger partial charge in [-0.2, -0.15) is 0 Å². The molecule has 0 saturated carbocycles. The highest BCUT2D eigenvalue weighted by Crippen LogP contribution is 2.40. The zero-order valence-electron chi connectivity index (χ0n) is 18.2. The van der Waals surface area contributed by atoms with Gasteiger partial charge >= 0.3 is 0 Å². The van der Waals surface area contributed by atoms with Gasteiger partial charge in [0.2, 0.25) is 10.7 Å². The molecule has 0 saturated heterocycles. The van der Waals surface area contributed by atoms with E-state index in [1.54, 1.807) is 50.6 Å². The predicted octanol–water partition coefficient (Wildman–Crippen LogP) is 2.41.